The lowest BCUT2D eigenvalue weighted by atomic mass is 10.1. The molecular formula is C24H21NO6. The molecule has 0 aliphatic carbocycles. The Labute approximate surface area is 179 Å². The molecule has 0 atom stereocenters. The van der Waals surface area contributed by atoms with E-state index in [9.17, 15) is 20.0 Å². The molecule has 0 unspecified atom stereocenters. The highest BCUT2D eigenvalue weighted by Gasteiger charge is 2.16. The van der Waals surface area contributed by atoms with Gasteiger partial charge < -0.3 is 14.6 Å². The van der Waals surface area contributed by atoms with Gasteiger partial charge in [0.15, 0.2) is 11.5 Å². The van der Waals surface area contributed by atoms with Crippen molar-refractivity contribution in [2.24, 2.45) is 0 Å². The summed E-state index contributed by atoms with van der Waals surface area (Å²) < 4.78 is 11.1. The number of carbonyl (C=O) groups is 1. The van der Waals surface area contributed by atoms with E-state index in [-0.39, 0.29) is 29.6 Å². The van der Waals surface area contributed by atoms with E-state index in [0.29, 0.717) is 16.9 Å². The average molecular weight is 419 g/mol. The Morgan fingerprint density at radius 3 is 2.45 bits per heavy atom. The number of nitro groups is 1. The summed E-state index contributed by atoms with van der Waals surface area (Å²) in [6.07, 6.45) is 3.09. The second-order valence-electron chi connectivity index (χ2n) is 6.83. The Hall–Kier alpha value is -4.13. The summed E-state index contributed by atoms with van der Waals surface area (Å²) in [4.78, 5) is 23.1. The highest BCUT2D eigenvalue weighted by Crippen LogP contribution is 2.30. The predicted molar refractivity (Wildman–Crippen MR) is 117 cm³/mol. The summed E-state index contributed by atoms with van der Waals surface area (Å²) in [7, 11) is 1.52. The number of nitrogens with zero attached hydrogens (tertiary/aromatic N) is 1. The third-order valence-corrected chi connectivity index (χ3v) is 4.58. The number of allylic oxidation sites excluding steroid dienone is 1. The number of ketones is 1. The standard InChI is InChI=1S/C24H21NO6/c1-16-3-11-24(21(13-16)25(28)29)31-15-19-14-17(5-12-23(19)30-2)4-10-22(27)18-6-8-20(26)9-7-18/h3-14,26H,15H2,1-2H3/b10-4+. The minimum absolute atomic E-state index is 0.0562. The molecule has 0 amide bonds. The number of nitro benzene ring substituents is 1. The average Bonchev–Trinajstić information content (AvgIpc) is 2.77. The van der Waals surface area contributed by atoms with Gasteiger partial charge in [0.05, 0.1) is 12.0 Å². The summed E-state index contributed by atoms with van der Waals surface area (Å²) >= 11 is 0. The molecule has 7 nitrogen and oxygen atoms in total. The molecule has 158 valence electrons. The van der Waals surface area contributed by atoms with Crippen molar-refractivity contribution >= 4 is 17.5 Å². The van der Waals surface area contributed by atoms with E-state index >= 15 is 0 Å². The summed E-state index contributed by atoms with van der Waals surface area (Å²) in [6.45, 7) is 1.83. The number of methoxy groups -OCH3 is 1. The molecule has 0 saturated carbocycles. The highest BCUT2D eigenvalue weighted by atomic mass is 16.6. The van der Waals surface area contributed by atoms with Crippen molar-refractivity contribution in [3.05, 3.63) is 99.1 Å². The van der Waals surface area contributed by atoms with Crippen molar-refractivity contribution in [2.45, 2.75) is 13.5 Å². The number of aryl methyl sites for hydroxylation is 1. The molecule has 7 heteroatoms. The smallest absolute Gasteiger partial charge is 0.311 e. The maximum atomic E-state index is 12.3. The van der Waals surface area contributed by atoms with Crippen LogP contribution in [0.1, 0.15) is 27.0 Å². The zero-order chi connectivity index (χ0) is 22.4. The number of benzene rings is 3. The first-order valence-electron chi connectivity index (χ1n) is 9.43. The van der Waals surface area contributed by atoms with Crippen LogP contribution in [-0.4, -0.2) is 22.9 Å². The van der Waals surface area contributed by atoms with Crippen LogP contribution in [0.5, 0.6) is 17.2 Å². The van der Waals surface area contributed by atoms with Gasteiger partial charge in [0.1, 0.15) is 18.1 Å². The summed E-state index contributed by atoms with van der Waals surface area (Å²) in [6, 6.07) is 16.1. The Kier molecular flexibility index (Phi) is 6.67. The summed E-state index contributed by atoms with van der Waals surface area (Å²) in [5, 5.41) is 20.6. The lowest BCUT2D eigenvalue weighted by molar-refractivity contribution is -0.386. The molecule has 0 aliphatic heterocycles. The van der Waals surface area contributed by atoms with Gasteiger partial charge in [0.2, 0.25) is 0 Å². The van der Waals surface area contributed by atoms with E-state index in [4.69, 9.17) is 9.47 Å². The maximum Gasteiger partial charge on any atom is 0.311 e. The van der Waals surface area contributed by atoms with Crippen molar-refractivity contribution in [3.63, 3.8) is 0 Å². The molecule has 31 heavy (non-hydrogen) atoms. The minimum atomic E-state index is -0.479. The van der Waals surface area contributed by atoms with Crippen LogP contribution >= 0.6 is 0 Å². The van der Waals surface area contributed by atoms with Crippen molar-refractivity contribution < 1.29 is 24.3 Å². The number of phenolic OH excluding ortho intramolecular Hbond substituents is 1. The first-order chi connectivity index (χ1) is 14.9. The number of rotatable bonds is 8. The maximum absolute atomic E-state index is 12.3. The molecule has 0 saturated heterocycles. The molecule has 0 radical (unpaired) electrons. The number of hydrogen-bond acceptors (Lipinski definition) is 6. The van der Waals surface area contributed by atoms with Crippen LogP contribution < -0.4 is 9.47 Å². The van der Waals surface area contributed by atoms with Crippen LogP contribution in [0.2, 0.25) is 0 Å². The summed E-state index contributed by atoms with van der Waals surface area (Å²) in [5.74, 6) is 0.621. The molecule has 0 bridgehead atoms. The van der Waals surface area contributed by atoms with Crippen LogP contribution in [0.25, 0.3) is 6.08 Å². The second kappa shape index (κ2) is 9.58. The van der Waals surface area contributed by atoms with Gasteiger partial charge in [0.25, 0.3) is 0 Å². The molecule has 0 fully saturated rings. The number of ether oxygens (including phenoxy) is 2. The van der Waals surface area contributed by atoms with Gasteiger partial charge in [-0.25, -0.2) is 0 Å². The van der Waals surface area contributed by atoms with Gasteiger partial charge in [-0.1, -0.05) is 18.2 Å². The van der Waals surface area contributed by atoms with E-state index < -0.39 is 4.92 Å². The fourth-order valence-electron chi connectivity index (χ4n) is 2.96. The Morgan fingerprint density at radius 2 is 1.77 bits per heavy atom. The van der Waals surface area contributed by atoms with E-state index in [0.717, 1.165) is 11.1 Å². The van der Waals surface area contributed by atoms with E-state index in [1.807, 2.05) is 0 Å². The Balaban J connectivity index is 1.79. The van der Waals surface area contributed by atoms with Gasteiger partial charge in [-0.05, 0) is 66.6 Å². The van der Waals surface area contributed by atoms with Crippen molar-refractivity contribution in [1.29, 1.82) is 0 Å². The fraction of sp³-hybridized carbons (Fsp3) is 0.125. The van der Waals surface area contributed by atoms with Gasteiger partial charge in [-0.15, -0.1) is 0 Å². The molecule has 3 aromatic rings. The first-order valence-corrected chi connectivity index (χ1v) is 9.43. The van der Waals surface area contributed by atoms with Crippen molar-refractivity contribution in [1.82, 2.24) is 0 Å². The topological polar surface area (TPSA) is 98.9 Å². The predicted octanol–water partition coefficient (Wildman–Crippen LogP) is 5.09. The minimum Gasteiger partial charge on any atom is -0.508 e. The Bertz CT molecular complexity index is 1140. The molecule has 0 aliphatic rings. The van der Waals surface area contributed by atoms with Crippen molar-refractivity contribution in [2.75, 3.05) is 7.11 Å². The monoisotopic (exact) mass is 419 g/mol. The second-order valence-corrected chi connectivity index (χ2v) is 6.83. The van der Waals surface area contributed by atoms with Gasteiger partial charge >= 0.3 is 5.69 Å². The van der Waals surface area contributed by atoms with E-state index in [2.05, 4.69) is 0 Å². The van der Waals surface area contributed by atoms with Crippen molar-refractivity contribution in [3.8, 4) is 17.2 Å². The van der Waals surface area contributed by atoms with Crippen LogP contribution in [0.15, 0.2) is 66.7 Å². The first kappa shape index (κ1) is 21.6. The molecule has 1 N–H and O–H groups in total. The third-order valence-electron chi connectivity index (χ3n) is 4.58. The lowest BCUT2D eigenvalue weighted by Crippen LogP contribution is -2.02. The molecule has 0 spiro atoms. The zero-order valence-corrected chi connectivity index (χ0v) is 17.1. The summed E-state index contributed by atoms with van der Waals surface area (Å²) in [5.41, 5.74) is 2.54. The van der Waals surface area contributed by atoms with E-state index in [1.54, 1.807) is 55.5 Å². The number of phenols is 1. The quantitative estimate of drug-likeness (QED) is 0.236. The molecule has 3 aromatic carbocycles. The molecular weight excluding hydrogens is 398 g/mol. The SMILES string of the molecule is COc1ccc(/C=C/C(=O)c2ccc(O)cc2)cc1COc1ccc(C)cc1[N+](=O)[O-]. The van der Waals surface area contributed by atoms with Crippen LogP contribution in [0.4, 0.5) is 5.69 Å². The molecule has 3 rings (SSSR count). The highest BCUT2D eigenvalue weighted by molar-refractivity contribution is 6.06. The van der Waals surface area contributed by atoms with Gasteiger partial charge in [0, 0.05) is 17.2 Å². The zero-order valence-electron chi connectivity index (χ0n) is 17.1. The van der Waals surface area contributed by atoms with Gasteiger partial charge in [-0.2, -0.15) is 0 Å². The Morgan fingerprint density at radius 1 is 1.06 bits per heavy atom. The van der Waals surface area contributed by atoms with Gasteiger partial charge in [-0.3, -0.25) is 14.9 Å². The number of carbonyl (C=O) groups excluding carboxylic acids is 1. The van der Waals surface area contributed by atoms with Crippen LogP contribution in [0.3, 0.4) is 0 Å². The normalized spacial score (nSPS) is 10.8. The van der Waals surface area contributed by atoms with E-state index in [1.165, 1.54) is 31.4 Å². The van der Waals surface area contributed by atoms with Crippen LogP contribution in [0, 0.1) is 17.0 Å². The fourth-order valence-corrected chi connectivity index (χ4v) is 2.96. The number of aromatic hydroxyl groups is 1. The lowest BCUT2D eigenvalue weighted by Gasteiger charge is -2.12. The molecule has 0 heterocycles. The van der Waals surface area contributed by atoms with Crippen LogP contribution in [-0.2, 0) is 6.61 Å². The number of hydrogen-bond donors (Lipinski definition) is 1. The third kappa shape index (κ3) is 5.48. The largest absolute Gasteiger partial charge is 0.508 e. The molecule has 0 aromatic heterocycles.